The molecule has 1 saturated heterocycles. The van der Waals surface area contributed by atoms with Crippen LogP contribution < -0.4 is 10.1 Å². The van der Waals surface area contributed by atoms with Crippen LogP contribution in [0.2, 0.25) is 5.02 Å². The van der Waals surface area contributed by atoms with Crippen LogP contribution in [-0.2, 0) is 16.1 Å². The van der Waals surface area contributed by atoms with Crippen molar-refractivity contribution in [3.05, 3.63) is 28.8 Å². The number of halogens is 2. The van der Waals surface area contributed by atoms with Crippen LogP contribution in [0.4, 0.5) is 0 Å². The quantitative estimate of drug-likeness (QED) is 0.795. The van der Waals surface area contributed by atoms with Crippen molar-refractivity contribution in [1.82, 2.24) is 10.2 Å². The van der Waals surface area contributed by atoms with Crippen LogP contribution in [0.3, 0.4) is 0 Å². The fraction of sp³-hybridized carbons (Fsp3) is 0.500. The topological polar surface area (TPSA) is 78.9 Å². The van der Waals surface area contributed by atoms with Gasteiger partial charge in [0.2, 0.25) is 5.91 Å². The Morgan fingerprint density at radius 1 is 1.38 bits per heavy atom. The summed E-state index contributed by atoms with van der Waals surface area (Å²) in [4.78, 5) is 24.9. The van der Waals surface area contributed by atoms with E-state index in [1.54, 1.807) is 25.3 Å². The Labute approximate surface area is 152 Å². The molecule has 6 nitrogen and oxygen atoms in total. The first-order chi connectivity index (χ1) is 11.0. The molecule has 0 radical (unpaired) electrons. The van der Waals surface area contributed by atoms with Gasteiger partial charge in [0.05, 0.1) is 19.6 Å². The lowest BCUT2D eigenvalue weighted by atomic mass is 9.97. The Bertz CT molecular complexity index is 575. The third-order valence-electron chi connectivity index (χ3n) is 4.02. The second-order valence-corrected chi connectivity index (χ2v) is 6.06. The number of carbonyl (C=O) groups is 2. The largest absolute Gasteiger partial charge is 0.496 e. The fourth-order valence-electron chi connectivity index (χ4n) is 2.68. The molecule has 24 heavy (non-hydrogen) atoms. The number of hydrogen-bond donors (Lipinski definition) is 2. The van der Waals surface area contributed by atoms with Crippen LogP contribution in [0.15, 0.2) is 18.2 Å². The number of piperidine rings is 1. The molecule has 1 aliphatic rings. The molecule has 0 saturated carbocycles. The van der Waals surface area contributed by atoms with Gasteiger partial charge in [-0.15, -0.1) is 12.4 Å². The van der Waals surface area contributed by atoms with Crippen molar-refractivity contribution in [2.75, 3.05) is 26.7 Å². The van der Waals surface area contributed by atoms with Gasteiger partial charge in [-0.1, -0.05) is 11.6 Å². The Morgan fingerprint density at radius 2 is 2.04 bits per heavy atom. The minimum atomic E-state index is -0.748. The average Bonchev–Trinajstić information content (AvgIpc) is 2.53. The van der Waals surface area contributed by atoms with Crippen molar-refractivity contribution < 1.29 is 19.4 Å². The molecule has 8 heteroatoms. The number of benzene rings is 1. The number of rotatable bonds is 6. The zero-order valence-electron chi connectivity index (χ0n) is 13.5. The van der Waals surface area contributed by atoms with Crippen LogP contribution in [0.25, 0.3) is 0 Å². The van der Waals surface area contributed by atoms with E-state index in [1.807, 2.05) is 4.90 Å². The molecule has 1 heterocycles. The smallest absolute Gasteiger partial charge is 0.306 e. The van der Waals surface area contributed by atoms with Crippen molar-refractivity contribution in [3.63, 3.8) is 0 Å². The van der Waals surface area contributed by atoms with E-state index >= 15 is 0 Å². The number of hydrogen-bond acceptors (Lipinski definition) is 4. The first-order valence-corrected chi connectivity index (χ1v) is 7.91. The molecule has 0 unspecified atom stereocenters. The maximum absolute atomic E-state index is 12.0. The van der Waals surface area contributed by atoms with Crippen LogP contribution in [0.5, 0.6) is 5.75 Å². The Balaban J connectivity index is 0.00000288. The van der Waals surface area contributed by atoms with E-state index in [4.69, 9.17) is 21.4 Å². The number of carboxylic acids is 1. The second-order valence-electron chi connectivity index (χ2n) is 5.62. The molecule has 1 aromatic carbocycles. The van der Waals surface area contributed by atoms with Crippen LogP contribution >= 0.6 is 24.0 Å². The maximum Gasteiger partial charge on any atom is 0.306 e. The number of carboxylic acid groups (broad SMARTS) is 1. The van der Waals surface area contributed by atoms with Gasteiger partial charge in [0, 0.05) is 17.1 Å². The van der Waals surface area contributed by atoms with E-state index < -0.39 is 5.97 Å². The number of likely N-dealkylation sites (tertiary alicyclic amines) is 1. The van der Waals surface area contributed by atoms with Gasteiger partial charge in [-0.25, -0.2) is 0 Å². The molecule has 0 bridgehead atoms. The van der Waals surface area contributed by atoms with Crippen molar-refractivity contribution in [2.24, 2.45) is 5.92 Å². The minimum absolute atomic E-state index is 0. The van der Waals surface area contributed by atoms with Gasteiger partial charge in [0.15, 0.2) is 0 Å². The molecule has 1 aliphatic heterocycles. The summed E-state index contributed by atoms with van der Waals surface area (Å²) in [5, 5.41) is 12.4. The molecule has 1 amide bonds. The van der Waals surface area contributed by atoms with E-state index in [1.165, 1.54) is 0 Å². The molecule has 1 fully saturated rings. The summed E-state index contributed by atoms with van der Waals surface area (Å²) in [6.07, 6.45) is 1.18. The number of ether oxygens (including phenoxy) is 1. The standard InChI is InChI=1S/C16H21ClN2O4.ClH/c1-23-14-3-2-13(17)8-12(14)9-18-15(20)10-19-6-4-11(5-7-19)16(21)22;/h2-3,8,11H,4-7,9-10H2,1H3,(H,18,20)(H,21,22);1H. The van der Waals surface area contributed by atoms with Gasteiger partial charge < -0.3 is 15.2 Å². The molecule has 2 rings (SSSR count). The molecule has 134 valence electrons. The molecule has 0 atom stereocenters. The fourth-order valence-corrected chi connectivity index (χ4v) is 2.87. The number of methoxy groups -OCH3 is 1. The summed E-state index contributed by atoms with van der Waals surface area (Å²) in [5.41, 5.74) is 0.818. The number of nitrogens with zero attached hydrogens (tertiary/aromatic N) is 1. The van der Waals surface area contributed by atoms with Gasteiger partial charge >= 0.3 is 5.97 Å². The average molecular weight is 377 g/mol. The van der Waals surface area contributed by atoms with Gasteiger partial charge in [0.1, 0.15) is 5.75 Å². The SMILES string of the molecule is COc1ccc(Cl)cc1CNC(=O)CN1CCC(C(=O)O)CC1.Cl. The summed E-state index contributed by atoms with van der Waals surface area (Å²) in [5.74, 6) is -0.454. The summed E-state index contributed by atoms with van der Waals surface area (Å²) in [7, 11) is 1.57. The highest BCUT2D eigenvalue weighted by atomic mass is 35.5. The maximum atomic E-state index is 12.0. The van der Waals surface area contributed by atoms with Crippen molar-refractivity contribution in [1.29, 1.82) is 0 Å². The van der Waals surface area contributed by atoms with Gasteiger partial charge in [-0.05, 0) is 44.1 Å². The second kappa shape index (κ2) is 9.71. The number of aliphatic carboxylic acids is 1. The number of amides is 1. The lowest BCUT2D eigenvalue weighted by molar-refractivity contribution is -0.143. The predicted molar refractivity (Wildman–Crippen MR) is 93.9 cm³/mol. The predicted octanol–water partition coefficient (Wildman–Crippen LogP) is 2.18. The zero-order chi connectivity index (χ0) is 16.8. The Morgan fingerprint density at radius 3 is 2.62 bits per heavy atom. The molecule has 1 aromatic rings. The number of carbonyl (C=O) groups excluding carboxylic acids is 1. The summed E-state index contributed by atoms with van der Waals surface area (Å²) < 4.78 is 5.24. The van der Waals surface area contributed by atoms with Gasteiger partial charge in [-0.3, -0.25) is 14.5 Å². The molecule has 0 aliphatic carbocycles. The summed E-state index contributed by atoms with van der Waals surface area (Å²) >= 11 is 5.96. The first-order valence-electron chi connectivity index (χ1n) is 7.54. The lowest BCUT2D eigenvalue weighted by Gasteiger charge is -2.29. The minimum Gasteiger partial charge on any atom is -0.496 e. The van der Waals surface area contributed by atoms with E-state index in [-0.39, 0.29) is 30.8 Å². The third-order valence-corrected chi connectivity index (χ3v) is 4.26. The Hall–Kier alpha value is -1.50. The first kappa shape index (κ1) is 20.5. The molecule has 0 aromatic heterocycles. The summed E-state index contributed by atoms with van der Waals surface area (Å²) in [6.45, 7) is 1.87. The molecule has 0 spiro atoms. The molecule has 2 N–H and O–H groups in total. The van der Waals surface area contributed by atoms with Gasteiger partial charge in [0.25, 0.3) is 0 Å². The lowest BCUT2D eigenvalue weighted by Crippen LogP contribution is -2.42. The highest BCUT2D eigenvalue weighted by Gasteiger charge is 2.25. The van der Waals surface area contributed by atoms with Crippen LogP contribution in [0, 0.1) is 5.92 Å². The Kier molecular flexibility index (Phi) is 8.31. The monoisotopic (exact) mass is 376 g/mol. The summed E-state index contributed by atoms with van der Waals surface area (Å²) in [6, 6.07) is 5.26. The van der Waals surface area contributed by atoms with E-state index in [9.17, 15) is 9.59 Å². The van der Waals surface area contributed by atoms with Crippen molar-refractivity contribution in [3.8, 4) is 5.75 Å². The third kappa shape index (κ3) is 5.85. The highest BCUT2D eigenvalue weighted by molar-refractivity contribution is 6.30. The zero-order valence-corrected chi connectivity index (χ0v) is 15.0. The number of nitrogens with one attached hydrogen (secondary N) is 1. The molecular formula is C16H22Cl2N2O4. The van der Waals surface area contributed by atoms with E-state index in [0.717, 1.165) is 5.56 Å². The van der Waals surface area contributed by atoms with Crippen molar-refractivity contribution >= 4 is 35.9 Å². The van der Waals surface area contributed by atoms with E-state index in [0.29, 0.717) is 43.2 Å². The molecular weight excluding hydrogens is 355 g/mol. The van der Waals surface area contributed by atoms with E-state index in [2.05, 4.69) is 5.32 Å². The normalized spacial score (nSPS) is 15.4. The van der Waals surface area contributed by atoms with Crippen LogP contribution in [0.1, 0.15) is 18.4 Å². The van der Waals surface area contributed by atoms with Crippen molar-refractivity contribution in [2.45, 2.75) is 19.4 Å². The van der Waals surface area contributed by atoms with Gasteiger partial charge in [-0.2, -0.15) is 0 Å². The highest BCUT2D eigenvalue weighted by Crippen LogP contribution is 2.22. The van der Waals surface area contributed by atoms with Crippen LogP contribution in [-0.4, -0.2) is 48.6 Å².